The fraction of sp³-hybridized carbons (Fsp3) is 0.526. The molecular weight excluding hydrogens is 286 g/mol. The third-order valence-corrected chi connectivity index (χ3v) is 4.99. The summed E-state index contributed by atoms with van der Waals surface area (Å²) in [6.07, 6.45) is 5.77. The van der Waals surface area contributed by atoms with Crippen molar-refractivity contribution in [1.29, 1.82) is 0 Å². The van der Waals surface area contributed by atoms with Gasteiger partial charge in [0.05, 0.1) is 6.54 Å². The van der Waals surface area contributed by atoms with Crippen molar-refractivity contribution in [2.24, 2.45) is 11.7 Å². The predicted molar refractivity (Wildman–Crippen MR) is 93.8 cm³/mol. The molecule has 1 aliphatic carbocycles. The summed E-state index contributed by atoms with van der Waals surface area (Å²) in [6.45, 7) is 4.58. The number of hydrogen-bond acceptors (Lipinski definition) is 3. The third kappa shape index (κ3) is 4.66. The van der Waals surface area contributed by atoms with Crippen LogP contribution in [0.1, 0.15) is 31.7 Å². The highest BCUT2D eigenvalue weighted by atomic mass is 16.1. The summed E-state index contributed by atoms with van der Waals surface area (Å²) in [5.74, 6) is 0.458. The largest absolute Gasteiger partial charge is 0.369 e. The smallest absolute Gasteiger partial charge is 0.231 e. The summed E-state index contributed by atoms with van der Waals surface area (Å²) < 4.78 is 0. The molecule has 2 atom stereocenters. The lowest BCUT2D eigenvalue weighted by molar-refractivity contribution is -0.119. The Kier molecular flexibility index (Phi) is 5.13. The maximum atomic E-state index is 11.0. The summed E-state index contributed by atoms with van der Waals surface area (Å²) in [7, 11) is 0. The van der Waals surface area contributed by atoms with E-state index in [1.165, 1.54) is 17.6 Å². The van der Waals surface area contributed by atoms with Gasteiger partial charge in [-0.15, -0.1) is 0 Å². The average molecular weight is 313 g/mol. The first-order chi connectivity index (χ1) is 11.1. The first kappa shape index (κ1) is 16.2. The lowest BCUT2D eigenvalue weighted by atomic mass is 10.0. The topological polar surface area (TPSA) is 58.4 Å². The van der Waals surface area contributed by atoms with Crippen molar-refractivity contribution in [3.8, 4) is 0 Å². The van der Waals surface area contributed by atoms with E-state index in [1.54, 1.807) is 0 Å². The Labute approximate surface area is 138 Å². The standard InChI is InChI=1S/C19H27N3O/c1-14(11-15-5-3-2-4-6-15)17-12-18(17)21-16-7-9-22(10-8-16)13-19(20)23/h2-6,11,16-18,21H,7-10,12-13H2,1H3,(H2,20,23). The number of nitrogens with one attached hydrogen (secondary N) is 1. The number of nitrogens with two attached hydrogens (primary N) is 1. The summed E-state index contributed by atoms with van der Waals surface area (Å²) >= 11 is 0. The molecule has 0 bridgehead atoms. The third-order valence-electron chi connectivity index (χ3n) is 4.99. The number of likely N-dealkylation sites (tertiary alicyclic amines) is 1. The molecule has 4 nitrogen and oxygen atoms in total. The van der Waals surface area contributed by atoms with Gasteiger partial charge in [-0.1, -0.05) is 42.0 Å². The van der Waals surface area contributed by atoms with Crippen molar-refractivity contribution in [1.82, 2.24) is 10.2 Å². The van der Waals surface area contributed by atoms with E-state index in [1.807, 2.05) is 0 Å². The lowest BCUT2D eigenvalue weighted by Gasteiger charge is -2.31. The van der Waals surface area contributed by atoms with Crippen molar-refractivity contribution >= 4 is 12.0 Å². The lowest BCUT2D eigenvalue weighted by Crippen LogP contribution is -2.46. The number of benzene rings is 1. The highest BCUT2D eigenvalue weighted by Crippen LogP contribution is 2.38. The molecule has 124 valence electrons. The molecular formula is C19H27N3O. The van der Waals surface area contributed by atoms with Gasteiger partial charge in [-0.25, -0.2) is 0 Å². The molecule has 0 radical (unpaired) electrons. The molecule has 1 saturated carbocycles. The van der Waals surface area contributed by atoms with Crippen LogP contribution >= 0.6 is 0 Å². The quantitative estimate of drug-likeness (QED) is 0.845. The van der Waals surface area contributed by atoms with E-state index in [0.717, 1.165) is 25.9 Å². The van der Waals surface area contributed by atoms with Crippen molar-refractivity contribution in [2.45, 2.75) is 38.3 Å². The van der Waals surface area contributed by atoms with Crippen molar-refractivity contribution < 1.29 is 4.79 Å². The van der Waals surface area contributed by atoms with Gasteiger partial charge in [-0.3, -0.25) is 9.69 Å². The number of carbonyl (C=O) groups is 1. The Bertz CT molecular complexity index is 561. The molecule has 0 spiro atoms. The minimum Gasteiger partial charge on any atom is -0.369 e. The van der Waals surface area contributed by atoms with Crippen molar-refractivity contribution in [2.75, 3.05) is 19.6 Å². The molecule has 1 amide bonds. The summed E-state index contributed by atoms with van der Waals surface area (Å²) in [5.41, 5.74) is 8.02. The van der Waals surface area contributed by atoms with E-state index in [9.17, 15) is 4.79 Å². The van der Waals surface area contributed by atoms with Gasteiger partial charge >= 0.3 is 0 Å². The molecule has 1 aromatic rings. The number of carbonyl (C=O) groups excluding carboxylic acids is 1. The van der Waals surface area contributed by atoms with Crippen LogP contribution in [0.2, 0.25) is 0 Å². The first-order valence-electron chi connectivity index (χ1n) is 8.62. The van der Waals surface area contributed by atoms with Crippen molar-refractivity contribution in [3.63, 3.8) is 0 Å². The van der Waals surface area contributed by atoms with Crippen molar-refractivity contribution in [3.05, 3.63) is 41.5 Å². The van der Waals surface area contributed by atoms with Gasteiger partial charge in [0, 0.05) is 25.2 Å². The second kappa shape index (κ2) is 7.28. The predicted octanol–water partition coefficient (Wildman–Crippen LogP) is 2.02. The van der Waals surface area contributed by atoms with Crippen LogP contribution < -0.4 is 11.1 Å². The fourth-order valence-corrected chi connectivity index (χ4v) is 3.58. The van der Waals surface area contributed by atoms with Crippen LogP contribution in [0.4, 0.5) is 0 Å². The molecule has 1 heterocycles. The second-order valence-corrected chi connectivity index (χ2v) is 6.93. The molecule has 1 aliphatic heterocycles. The van der Waals surface area contributed by atoms with Crippen LogP contribution in [0.5, 0.6) is 0 Å². The SMILES string of the molecule is CC(=Cc1ccccc1)C1CC1NC1CCN(CC(N)=O)CC1. The monoisotopic (exact) mass is 313 g/mol. The van der Waals surface area contributed by atoms with Gasteiger partial charge in [0.2, 0.25) is 5.91 Å². The normalized spacial score (nSPS) is 26.2. The van der Waals surface area contributed by atoms with E-state index < -0.39 is 0 Å². The zero-order chi connectivity index (χ0) is 16.2. The number of hydrogen-bond donors (Lipinski definition) is 2. The number of piperidine rings is 1. The molecule has 23 heavy (non-hydrogen) atoms. The Hall–Kier alpha value is -1.65. The molecule has 4 heteroatoms. The van der Waals surface area contributed by atoms with Gasteiger partial charge in [0.1, 0.15) is 0 Å². The van der Waals surface area contributed by atoms with Gasteiger partial charge in [-0.2, -0.15) is 0 Å². The van der Waals surface area contributed by atoms with E-state index >= 15 is 0 Å². The minimum atomic E-state index is -0.222. The maximum Gasteiger partial charge on any atom is 0.231 e. The van der Waals surface area contributed by atoms with Crippen LogP contribution in [0.25, 0.3) is 6.08 Å². The molecule has 3 rings (SSSR count). The number of nitrogens with zero attached hydrogens (tertiary/aromatic N) is 1. The van der Waals surface area contributed by atoms with E-state index in [-0.39, 0.29) is 5.91 Å². The van der Waals surface area contributed by atoms with Crippen LogP contribution in [0, 0.1) is 5.92 Å². The first-order valence-corrected chi connectivity index (χ1v) is 8.62. The molecule has 1 aromatic carbocycles. The Morgan fingerprint density at radius 2 is 2.00 bits per heavy atom. The minimum absolute atomic E-state index is 0.222. The fourth-order valence-electron chi connectivity index (χ4n) is 3.58. The van der Waals surface area contributed by atoms with Gasteiger partial charge in [0.25, 0.3) is 0 Å². The summed E-state index contributed by atoms with van der Waals surface area (Å²) in [4.78, 5) is 13.1. The Morgan fingerprint density at radius 1 is 1.30 bits per heavy atom. The van der Waals surface area contributed by atoms with Crippen LogP contribution in [-0.4, -0.2) is 42.5 Å². The number of amides is 1. The van der Waals surface area contributed by atoms with E-state index in [0.29, 0.717) is 24.5 Å². The zero-order valence-corrected chi connectivity index (χ0v) is 13.9. The maximum absolute atomic E-state index is 11.0. The van der Waals surface area contributed by atoms with E-state index in [4.69, 9.17) is 5.73 Å². The van der Waals surface area contributed by atoms with Gasteiger partial charge in [-0.05, 0) is 37.7 Å². The highest BCUT2D eigenvalue weighted by molar-refractivity contribution is 5.75. The highest BCUT2D eigenvalue weighted by Gasteiger charge is 2.39. The molecule has 2 aliphatic rings. The second-order valence-electron chi connectivity index (χ2n) is 6.93. The van der Waals surface area contributed by atoms with Crippen LogP contribution in [0.3, 0.4) is 0 Å². The van der Waals surface area contributed by atoms with Crippen LogP contribution in [-0.2, 0) is 4.79 Å². The molecule has 3 N–H and O–H groups in total. The number of rotatable bonds is 6. The van der Waals surface area contributed by atoms with Gasteiger partial charge < -0.3 is 11.1 Å². The van der Waals surface area contributed by atoms with E-state index in [2.05, 4.69) is 53.5 Å². The number of primary amides is 1. The van der Waals surface area contributed by atoms with Gasteiger partial charge in [0.15, 0.2) is 0 Å². The summed E-state index contributed by atoms with van der Waals surface area (Å²) in [5, 5.41) is 3.80. The zero-order valence-electron chi connectivity index (χ0n) is 13.9. The molecule has 0 aromatic heterocycles. The Morgan fingerprint density at radius 3 is 2.65 bits per heavy atom. The molecule has 1 saturated heterocycles. The molecule has 2 fully saturated rings. The Balaban J connectivity index is 1.43. The van der Waals surface area contributed by atoms with Crippen LogP contribution in [0.15, 0.2) is 35.9 Å². The summed E-state index contributed by atoms with van der Waals surface area (Å²) in [6, 6.07) is 11.7. The average Bonchev–Trinajstić information content (AvgIpc) is 3.29. The molecule has 2 unspecified atom stereocenters.